The summed E-state index contributed by atoms with van der Waals surface area (Å²) in [5.74, 6) is -0.0953. The summed E-state index contributed by atoms with van der Waals surface area (Å²) in [4.78, 5) is 12.2. The third kappa shape index (κ3) is 4.17. The highest BCUT2D eigenvalue weighted by Gasteiger charge is 2.30. The molecule has 4 nitrogen and oxygen atoms in total. The zero-order chi connectivity index (χ0) is 16.7. The second kappa shape index (κ2) is 8.21. The predicted molar refractivity (Wildman–Crippen MR) is 93.9 cm³/mol. The fourth-order valence-electron chi connectivity index (χ4n) is 2.39. The van der Waals surface area contributed by atoms with Gasteiger partial charge in [0.2, 0.25) is 0 Å². The smallest absolute Gasteiger partial charge is 0.261 e. The molecule has 0 aliphatic heterocycles. The Kier molecular flexibility index (Phi) is 6.28. The molecular weight excluding hydrogens is 309 g/mol. The van der Waals surface area contributed by atoms with Gasteiger partial charge in [0.25, 0.3) is 7.37 Å². The minimum Gasteiger partial charge on any atom is -0.314 e. The number of hydrogen-bond acceptors (Lipinski definition) is 4. The maximum absolute atomic E-state index is 13.5. The highest BCUT2D eigenvalue weighted by molar-refractivity contribution is 7.74. The first kappa shape index (κ1) is 17.6. The maximum Gasteiger partial charge on any atom is 0.261 e. The van der Waals surface area contributed by atoms with E-state index in [1.165, 1.54) is 0 Å². The van der Waals surface area contributed by atoms with Gasteiger partial charge in [-0.25, -0.2) is 0 Å². The molecule has 0 unspecified atom stereocenters. The Labute approximate surface area is 137 Å². The van der Waals surface area contributed by atoms with Gasteiger partial charge < -0.3 is 9.84 Å². The van der Waals surface area contributed by atoms with Crippen LogP contribution in [0.3, 0.4) is 0 Å². The minimum absolute atomic E-state index is 0.0953. The molecule has 0 bridgehead atoms. The molecular formula is C18H22NO3P. The van der Waals surface area contributed by atoms with Crippen molar-refractivity contribution in [2.45, 2.75) is 19.4 Å². The van der Waals surface area contributed by atoms with Crippen LogP contribution in [0.4, 0.5) is 0 Å². The topological polar surface area (TPSA) is 55.4 Å². The molecule has 0 amide bonds. The average Bonchev–Trinajstić information content (AvgIpc) is 2.62. The van der Waals surface area contributed by atoms with Crippen molar-refractivity contribution in [3.63, 3.8) is 0 Å². The van der Waals surface area contributed by atoms with E-state index < -0.39 is 7.37 Å². The van der Waals surface area contributed by atoms with E-state index in [-0.39, 0.29) is 18.4 Å². The van der Waals surface area contributed by atoms with Crippen molar-refractivity contribution in [2.75, 3.05) is 13.7 Å². The SMILES string of the molecule is CC[C@H](NC)C(=O)COP(=O)(c1ccccc1)c1ccccc1. The molecule has 0 heterocycles. The summed E-state index contributed by atoms with van der Waals surface area (Å²) in [6.45, 7) is 1.74. The summed E-state index contributed by atoms with van der Waals surface area (Å²) in [7, 11) is -1.55. The van der Waals surface area contributed by atoms with Gasteiger partial charge in [0.1, 0.15) is 6.61 Å². The van der Waals surface area contributed by atoms with E-state index in [1.807, 2.05) is 43.3 Å². The summed E-state index contributed by atoms with van der Waals surface area (Å²) in [5.41, 5.74) is 0. The van der Waals surface area contributed by atoms with Crippen LogP contribution >= 0.6 is 7.37 Å². The first-order valence-corrected chi connectivity index (χ1v) is 9.30. The van der Waals surface area contributed by atoms with E-state index in [2.05, 4.69) is 5.32 Å². The van der Waals surface area contributed by atoms with Crippen molar-refractivity contribution in [3.05, 3.63) is 60.7 Å². The Bertz CT molecular complexity index is 626. The standard InChI is InChI=1S/C18H22NO3P/c1-3-17(19-2)18(20)14-22-23(21,15-10-6-4-7-11-15)16-12-8-5-9-13-16/h4-13,17,19H,3,14H2,1-2H3/t17-/m0/s1. The van der Waals surface area contributed by atoms with Crippen LogP contribution < -0.4 is 15.9 Å². The zero-order valence-corrected chi connectivity index (χ0v) is 14.3. The number of likely N-dealkylation sites (N-methyl/N-ethyl adjacent to an activating group) is 1. The second-order valence-corrected chi connectivity index (χ2v) is 7.61. The summed E-state index contributed by atoms with van der Waals surface area (Å²) >= 11 is 0. The number of carbonyl (C=O) groups is 1. The van der Waals surface area contributed by atoms with E-state index in [4.69, 9.17) is 4.52 Å². The van der Waals surface area contributed by atoms with Gasteiger partial charge in [-0.3, -0.25) is 9.36 Å². The van der Waals surface area contributed by atoms with Crippen LogP contribution in [0, 0.1) is 0 Å². The van der Waals surface area contributed by atoms with E-state index in [0.717, 1.165) is 0 Å². The third-order valence-corrected chi connectivity index (χ3v) is 6.17. The second-order valence-electron chi connectivity index (χ2n) is 5.21. The van der Waals surface area contributed by atoms with E-state index in [0.29, 0.717) is 17.0 Å². The lowest BCUT2D eigenvalue weighted by atomic mass is 10.1. The molecule has 0 saturated heterocycles. The van der Waals surface area contributed by atoms with Gasteiger partial charge in [0.05, 0.1) is 6.04 Å². The van der Waals surface area contributed by atoms with Crippen LogP contribution in [0.2, 0.25) is 0 Å². The lowest BCUT2D eigenvalue weighted by Gasteiger charge is -2.20. The van der Waals surface area contributed by atoms with Crippen LogP contribution in [-0.2, 0) is 13.9 Å². The van der Waals surface area contributed by atoms with E-state index in [1.54, 1.807) is 31.3 Å². The average molecular weight is 331 g/mol. The van der Waals surface area contributed by atoms with Crippen molar-refractivity contribution < 1.29 is 13.9 Å². The van der Waals surface area contributed by atoms with Gasteiger partial charge >= 0.3 is 0 Å². The lowest BCUT2D eigenvalue weighted by Crippen LogP contribution is -2.36. The lowest BCUT2D eigenvalue weighted by molar-refractivity contribution is -0.122. The number of ketones is 1. The summed E-state index contributed by atoms with van der Waals surface area (Å²) in [6.07, 6.45) is 0.666. The van der Waals surface area contributed by atoms with Crippen LogP contribution in [0.15, 0.2) is 60.7 Å². The molecule has 1 N–H and O–H groups in total. The monoisotopic (exact) mass is 331 g/mol. The molecule has 2 aromatic rings. The van der Waals surface area contributed by atoms with Crippen molar-refractivity contribution in [2.24, 2.45) is 0 Å². The van der Waals surface area contributed by atoms with Gasteiger partial charge in [-0.05, 0) is 37.7 Å². The molecule has 0 spiro atoms. The fourth-order valence-corrected chi connectivity index (χ4v) is 4.43. The zero-order valence-electron chi connectivity index (χ0n) is 13.4. The van der Waals surface area contributed by atoms with Crippen LogP contribution in [-0.4, -0.2) is 25.5 Å². The Hall–Kier alpha value is -1.74. The number of rotatable bonds is 8. The number of nitrogens with one attached hydrogen (secondary N) is 1. The molecule has 0 saturated carbocycles. The molecule has 0 aliphatic carbocycles. The summed E-state index contributed by atoms with van der Waals surface area (Å²) in [6, 6.07) is 17.8. The Balaban J connectivity index is 2.29. The number of carbonyl (C=O) groups excluding carboxylic acids is 1. The molecule has 23 heavy (non-hydrogen) atoms. The molecule has 0 aromatic heterocycles. The molecule has 2 rings (SSSR count). The van der Waals surface area contributed by atoms with Crippen molar-refractivity contribution in [1.82, 2.24) is 5.32 Å². The Morgan fingerprint density at radius 2 is 1.52 bits per heavy atom. The van der Waals surface area contributed by atoms with Crippen molar-refractivity contribution >= 4 is 23.8 Å². The Morgan fingerprint density at radius 3 is 1.91 bits per heavy atom. The molecule has 0 aliphatic rings. The number of hydrogen-bond donors (Lipinski definition) is 1. The van der Waals surface area contributed by atoms with Gasteiger partial charge in [0.15, 0.2) is 5.78 Å². The summed E-state index contributed by atoms with van der Waals surface area (Å²) < 4.78 is 19.2. The molecule has 5 heteroatoms. The summed E-state index contributed by atoms with van der Waals surface area (Å²) in [5, 5.41) is 4.14. The minimum atomic E-state index is -3.29. The molecule has 1 atom stereocenters. The van der Waals surface area contributed by atoms with Crippen LogP contribution in [0.5, 0.6) is 0 Å². The van der Waals surface area contributed by atoms with Gasteiger partial charge in [-0.2, -0.15) is 0 Å². The van der Waals surface area contributed by atoms with E-state index >= 15 is 0 Å². The number of Topliss-reactive ketones (excluding diaryl/α,β-unsaturated/α-hetero) is 1. The van der Waals surface area contributed by atoms with Crippen LogP contribution in [0.25, 0.3) is 0 Å². The van der Waals surface area contributed by atoms with Gasteiger partial charge in [0, 0.05) is 10.6 Å². The normalized spacial score (nSPS) is 12.8. The molecule has 0 radical (unpaired) electrons. The third-order valence-electron chi connectivity index (χ3n) is 3.73. The van der Waals surface area contributed by atoms with Crippen molar-refractivity contribution in [1.29, 1.82) is 0 Å². The molecule has 122 valence electrons. The number of benzene rings is 2. The highest BCUT2D eigenvalue weighted by atomic mass is 31.2. The quantitative estimate of drug-likeness (QED) is 0.755. The van der Waals surface area contributed by atoms with Crippen LogP contribution in [0.1, 0.15) is 13.3 Å². The predicted octanol–water partition coefficient (Wildman–Crippen LogP) is 2.50. The van der Waals surface area contributed by atoms with Gasteiger partial charge in [-0.1, -0.05) is 43.3 Å². The van der Waals surface area contributed by atoms with Crippen molar-refractivity contribution in [3.8, 4) is 0 Å². The first-order chi connectivity index (χ1) is 11.1. The highest BCUT2D eigenvalue weighted by Crippen LogP contribution is 2.44. The molecule has 2 aromatic carbocycles. The molecule has 0 fully saturated rings. The largest absolute Gasteiger partial charge is 0.314 e. The Morgan fingerprint density at radius 1 is 1.04 bits per heavy atom. The van der Waals surface area contributed by atoms with E-state index in [9.17, 15) is 9.36 Å². The van der Waals surface area contributed by atoms with Gasteiger partial charge in [-0.15, -0.1) is 0 Å². The first-order valence-electron chi connectivity index (χ1n) is 7.67. The fraction of sp³-hybridized carbons (Fsp3) is 0.278. The maximum atomic E-state index is 13.5.